The molecule has 1 fully saturated rings. The molecule has 0 N–H and O–H groups in total. The van der Waals surface area contributed by atoms with Gasteiger partial charge in [-0.15, -0.1) is 0 Å². The van der Waals surface area contributed by atoms with Gasteiger partial charge in [0.1, 0.15) is 0 Å². The van der Waals surface area contributed by atoms with Crippen LogP contribution in [0.1, 0.15) is 36.6 Å². The number of piperidine rings is 1. The van der Waals surface area contributed by atoms with E-state index in [-0.39, 0.29) is 0 Å². The SMILES string of the molecule is Cc1ccc(-c2onc(C)c2C)cc1S(=O)(=O)N1CCCC(C)C1. The molecule has 5 nitrogen and oxygen atoms in total. The van der Waals surface area contributed by atoms with Crippen molar-refractivity contribution in [3.63, 3.8) is 0 Å². The maximum Gasteiger partial charge on any atom is 0.243 e. The zero-order valence-corrected chi connectivity index (χ0v) is 15.5. The number of aromatic nitrogens is 1. The van der Waals surface area contributed by atoms with Gasteiger partial charge in [-0.2, -0.15) is 4.31 Å². The van der Waals surface area contributed by atoms with Crippen molar-refractivity contribution in [1.82, 2.24) is 9.46 Å². The fourth-order valence-electron chi connectivity index (χ4n) is 3.21. The first-order chi connectivity index (χ1) is 11.3. The molecule has 0 saturated carbocycles. The third-order valence-corrected chi connectivity index (χ3v) is 6.85. The summed E-state index contributed by atoms with van der Waals surface area (Å²) >= 11 is 0. The minimum absolute atomic E-state index is 0.363. The number of hydrogen-bond donors (Lipinski definition) is 0. The Balaban J connectivity index is 2.04. The van der Waals surface area contributed by atoms with Crippen LogP contribution in [0, 0.1) is 26.7 Å². The van der Waals surface area contributed by atoms with Gasteiger partial charge >= 0.3 is 0 Å². The molecule has 0 radical (unpaired) electrons. The largest absolute Gasteiger partial charge is 0.356 e. The van der Waals surface area contributed by atoms with Gasteiger partial charge in [-0.1, -0.05) is 24.2 Å². The third-order valence-electron chi connectivity index (χ3n) is 4.85. The number of rotatable bonds is 3. The van der Waals surface area contributed by atoms with Crippen LogP contribution in [-0.2, 0) is 10.0 Å². The van der Waals surface area contributed by atoms with E-state index in [0.717, 1.165) is 35.2 Å². The molecular formula is C18H24N2O3S. The van der Waals surface area contributed by atoms with E-state index in [4.69, 9.17) is 4.52 Å². The van der Waals surface area contributed by atoms with Crippen molar-refractivity contribution in [2.75, 3.05) is 13.1 Å². The Kier molecular flexibility index (Phi) is 4.53. The van der Waals surface area contributed by atoms with E-state index >= 15 is 0 Å². The van der Waals surface area contributed by atoms with Crippen LogP contribution in [0.4, 0.5) is 0 Å². The van der Waals surface area contributed by atoms with E-state index in [1.54, 1.807) is 10.4 Å². The lowest BCUT2D eigenvalue weighted by Crippen LogP contribution is -2.39. The van der Waals surface area contributed by atoms with Gasteiger partial charge in [0.2, 0.25) is 10.0 Å². The van der Waals surface area contributed by atoms with Crippen molar-refractivity contribution in [3.8, 4) is 11.3 Å². The minimum Gasteiger partial charge on any atom is -0.356 e. The third kappa shape index (κ3) is 3.00. The molecule has 130 valence electrons. The Bertz CT molecular complexity index is 855. The fraction of sp³-hybridized carbons (Fsp3) is 0.500. The highest BCUT2D eigenvalue weighted by Crippen LogP contribution is 2.31. The van der Waals surface area contributed by atoms with E-state index in [2.05, 4.69) is 12.1 Å². The van der Waals surface area contributed by atoms with Crippen LogP contribution in [0.5, 0.6) is 0 Å². The average molecular weight is 348 g/mol. The maximum absolute atomic E-state index is 13.1. The lowest BCUT2D eigenvalue weighted by atomic mass is 10.0. The highest BCUT2D eigenvalue weighted by Gasteiger charge is 2.30. The summed E-state index contributed by atoms with van der Waals surface area (Å²) in [7, 11) is -3.49. The second kappa shape index (κ2) is 6.33. The second-order valence-electron chi connectivity index (χ2n) is 6.81. The molecule has 1 atom stereocenters. The summed E-state index contributed by atoms with van der Waals surface area (Å²) in [5.41, 5.74) is 3.27. The van der Waals surface area contributed by atoms with Crippen molar-refractivity contribution in [1.29, 1.82) is 0 Å². The van der Waals surface area contributed by atoms with Gasteiger partial charge in [0, 0.05) is 24.2 Å². The lowest BCUT2D eigenvalue weighted by Gasteiger charge is -2.30. The van der Waals surface area contributed by atoms with Crippen molar-refractivity contribution in [2.24, 2.45) is 5.92 Å². The summed E-state index contributed by atoms with van der Waals surface area (Å²) < 4.78 is 33.2. The Morgan fingerprint density at radius 2 is 2.00 bits per heavy atom. The van der Waals surface area contributed by atoms with Gasteiger partial charge in [-0.3, -0.25) is 0 Å². The zero-order valence-electron chi connectivity index (χ0n) is 14.7. The molecule has 0 amide bonds. The van der Waals surface area contributed by atoms with Crippen molar-refractivity contribution in [3.05, 3.63) is 35.0 Å². The van der Waals surface area contributed by atoms with Crippen LogP contribution in [0.15, 0.2) is 27.6 Å². The average Bonchev–Trinajstić information content (AvgIpc) is 2.87. The van der Waals surface area contributed by atoms with Gasteiger partial charge in [0.25, 0.3) is 0 Å². The molecule has 0 aliphatic carbocycles. The normalized spacial score (nSPS) is 19.6. The molecule has 2 aromatic rings. The Labute approximate surface area is 143 Å². The predicted octanol–water partition coefficient (Wildman–Crippen LogP) is 3.69. The molecule has 0 bridgehead atoms. The molecule has 1 aliphatic rings. The first-order valence-corrected chi connectivity index (χ1v) is 9.78. The molecule has 0 spiro atoms. The molecule has 2 heterocycles. The van der Waals surface area contributed by atoms with Crippen molar-refractivity contribution >= 4 is 10.0 Å². The molecule has 1 aromatic carbocycles. The first-order valence-electron chi connectivity index (χ1n) is 8.34. The fourth-order valence-corrected chi connectivity index (χ4v) is 5.06. The van der Waals surface area contributed by atoms with E-state index < -0.39 is 10.0 Å². The quantitative estimate of drug-likeness (QED) is 0.849. The molecule has 6 heteroatoms. The summed E-state index contributed by atoms with van der Waals surface area (Å²) in [4.78, 5) is 0.363. The molecule has 3 rings (SSSR count). The number of nitrogens with zero attached hydrogens (tertiary/aromatic N) is 2. The number of sulfonamides is 1. The molecule has 1 aromatic heterocycles. The van der Waals surface area contributed by atoms with E-state index in [9.17, 15) is 8.42 Å². The van der Waals surface area contributed by atoms with Crippen LogP contribution in [0.2, 0.25) is 0 Å². The van der Waals surface area contributed by atoms with E-state index in [0.29, 0.717) is 29.7 Å². The predicted molar refractivity (Wildman–Crippen MR) is 93.3 cm³/mol. The number of benzene rings is 1. The maximum atomic E-state index is 13.1. The van der Waals surface area contributed by atoms with Crippen molar-refractivity contribution in [2.45, 2.75) is 45.4 Å². The molecule has 1 aliphatic heterocycles. The Morgan fingerprint density at radius 3 is 2.62 bits per heavy atom. The highest BCUT2D eigenvalue weighted by atomic mass is 32.2. The lowest BCUT2D eigenvalue weighted by molar-refractivity contribution is 0.281. The highest BCUT2D eigenvalue weighted by molar-refractivity contribution is 7.89. The van der Waals surface area contributed by atoms with Gasteiger partial charge in [-0.25, -0.2) is 8.42 Å². The van der Waals surface area contributed by atoms with E-state index in [1.165, 1.54) is 0 Å². The van der Waals surface area contributed by atoms with Crippen molar-refractivity contribution < 1.29 is 12.9 Å². The van der Waals surface area contributed by atoms with Crippen LogP contribution < -0.4 is 0 Å². The summed E-state index contributed by atoms with van der Waals surface area (Å²) in [5.74, 6) is 1.03. The molecule has 1 unspecified atom stereocenters. The smallest absolute Gasteiger partial charge is 0.243 e. The number of aryl methyl sites for hydroxylation is 2. The second-order valence-corrected chi connectivity index (χ2v) is 8.72. The Morgan fingerprint density at radius 1 is 1.25 bits per heavy atom. The molecule has 1 saturated heterocycles. The summed E-state index contributed by atoms with van der Waals surface area (Å²) in [6.07, 6.45) is 2.00. The van der Waals surface area contributed by atoms with Gasteiger partial charge in [0.15, 0.2) is 5.76 Å². The number of hydrogen-bond acceptors (Lipinski definition) is 4. The van der Waals surface area contributed by atoms with Crippen LogP contribution in [-0.4, -0.2) is 31.0 Å². The van der Waals surface area contributed by atoms with Crippen LogP contribution in [0.25, 0.3) is 11.3 Å². The summed E-state index contributed by atoms with van der Waals surface area (Å²) in [5, 5.41) is 3.97. The van der Waals surface area contributed by atoms with Gasteiger partial charge in [0.05, 0.1) is 10.6 Å². The van der Waals surface area contributed by atoms with Gasteiger partial charge in [-0.05, 0) is 51.2 Å². The summed E-state index contributed by atoms with van der Waals surface area (Å²) in [6, 6.07) is 5.45. The first kappa shape index (κ1) is 17.2. The standard InChI is InChI=1S/C18H24N2O3S/c1-12-6-5-9-20(11-12)24(21,22)17-10-16(8-7-13(17)2)18-14(3)15(4)19-23-18/h7-8,10,12H,5-6,9,11H2,1-4H3. The topological polar surface area (TPSA) is 63.4 Å². The van der Waals surface area contributed by atoms with E-state index in [1.807, 2.05) is 32.9 Å². The van der Waals surface area contributed by atoms with Crippen LogP contribution >= 0.6 is 0 Å². The minimum atomic E-state index is -3.49. The molecular weight excluding hydrogens is 324 g/mol. The van der Waals surface area contributed by atoms with Gasteiger partial charge < -0.3 is 4.52 Å². The summed E-state index contributed by atoms with van der Waals surface area (Å²) in [6.45, 7) is 8.93. The monoisotopic (exact) mass is 348 g/mol. The zero-order chi connectivity index (χ0) is 17.5. The van der Waals surface area contributed by atoms with Crippen LogP contribution in [0.3, 0.4) is 0 Å². The Hall–Kier alpha value is -1.66. The molecule has 24 heavy (non-hydrogen) atoms.